The molecule has 0 aromatic heterocycles. The second-order valence-corrected chi connectivity index (χ2v) is 3.04. The number of carbonyl (C=O) groups is 1. The highest BCUT2D eigenvalue weighted by atomic mass is 16.6. The van der Waals surface area contributed by atoms with Crippen molar-refractivity contribution in [2.75, 3.05) is 6.61 Å². The van der Waals surface area contributed by atoms with Gasteiger partial charge < -0.3 is 4.74 Å². The Labute approximate surface area is 91.3 Å². The van der Waals surface area contributed by atoms with Crippen LogP contribution >= 0.6 is 0 Å². The van der Waals surface area contributed by atoms with E-state index < -0.39 is 10.8 Å². The largest absolute Gasteiger partial charge is 0.476 e. The monoisotopic (exact) mass is 225 g/mol. The number of ether oxygens (including phenoxy) is 1. The van der Waals surface area contributed by atoms with Crippen molar-refractivity contribution in [2.24, 2.45) is 5.84 Å². The minimum atomic E-state index is -0.567. The van der Waals surface area contributed by atoms with Crippen LogP contribution in [0.25, 0.3) is 0 Å². The predicted molar refractivity (Wildman–Crippen MR) is 55.7 cm³/mol. The molecule has 0 aliphatic heterocycles. The van der Waals surface area contributed by atoms with Crippen LogP contribution in [0.2, 0.25) is 0 Å². The number of benzene rings is 1. The van der Waals surface area contributed by atoms with E-state index in [4.69, 9.17) is 10.6 Å². The third kappa shape index (κ3) is 2.67. The number of para-hydroxylation sites is 1. The van der Waals surface area contributed by atoms with E-state index >= 15 is 0 Å². The lowest BCUT2D eigenvalue weighted by molar-refractivity contribution is -0.385. The van der Waals surface area contributed by atoms with E-state index in [1.807, 2.05) is 5.43 Å². The van der Waals surface area contributed by atoms with Gasteiger partial charge in [0.15, 0.2) is 6.61 Å². The average molecular weight is 225 g/mol. The third-order valence-electron chi connectivity index (χ3n) is 1.90. The summed E-state index contributed by atoms with van der Waals surface area (Å²) in [4.78, 5) is 21.0. The number of nitro benzene ring substituents is 1. The Kier molecular flexibility index (Phi) is 3.78. The molecule has 0 aliphatic rings. The number of aryl methyl sites for hydroxylation is 1. The maximum atomic E-state index is 10.8. The molecule has 86 valence electrons. The number of hydrogen-bond acceptors (Lipinski definition) is 5. The molecule has 0 saturated heterocycles. The van der Waals surface area contributed by atoms with Crippen LogP contribution in [0.15, 0.2) is 18.2 Å². The van der Waals surface area contributed by atoms with Crippen molar-refractivity contribution in [3.8, 4) is 5.75 Å². The molecule has 7 heteroatoms. The first kappa shape index (κ1) is 11.9. The summed E-state index contributed by atoms with van der Waals surface area (Å²) in [6, 6.07) is 4.51. The van der Waals surface area contributed by atoms with E-state index in [1.54, 1.807) is 19.1 Å². The Morgan fingerprint density at radius 3 is 2.88 bits per heavy atom. The van der Waals surface area contributed by atoms with Gasteiger partial charge in [-0.3, -0.25) is 20.3 Å². The number of nitrogens with two attached hydrogens (primary N) is 1. The molecule has 0 atom stereocenters. The lowest BCUT2D eigenvalue weighted by Gasteiger charge is -2.08. The van der Waals surface area contributed by atoms with Gasteiger partial charge in [-0.2, -0.15) is 0 Å². The molecule has 1 aromatic carbocycles. The first-order chi connectivity index (χ1) is 7.56. The highest BCUT2D eigenvalue weighted by Gasteiger charge is 2.17. The third-order valence-corrected chi connectivity index (χ3v) is 1.90. The van der Waals surface area contributed by atoms with Crippen LogP contribution in [0.4, 0.5) is 5.69 Å². The fourth-order valence-corrected chi connectivity index (χ4v) is 1.15. The van der Waals surface area contributed by atoms with Crippen LogP contribution in [-0.4, -0.2) is 17.4 Å². The number of nitrogens with zero attached hydrogens (tertiary/aromatic N) is 1. The van der Waals surface area contributed by atoms with E-state index in [0.29, 0.717) is 5.56 Å². The summed E-state index contributed by atoms with van der Waals surface area (Å²) in [5.41, 5.74) is 2.28. The normalized spacial score (nSPS) is 9.62. The van der Waals surface area contributed by atoms with Gasteiger partial charge in [0.1, 0.15) is 0 Å². The molecule has 0 unspecified atom stereocenters. The Morgan fingerprint density at radius 2 is 2.31 bits per heavy atom. The first-order valence-corrected chi connectivity index (χ1v) is 4.42. The minimum absolute atomic E-state index is 0.0797. The van der Waals surface area contributed by atoms with Gasteiger partial charge in [0, 0.05) is 6.07 Å². The van der Waals surface area contributed by atoms with Crippen LogP contribution < -0.4 is 16.0 Å². The van der Waals surface area contributed by atoms with Crippen molar-refractivity contribution in [3.63, 3.8) is 0 Å². The van der Waals surface area contributed by atoms with Gasteiger partial charge in [-0.1, -0.05) is 12.1 Å². The van der Waals surface area contributed by atoms with Crippen molar-refractivity contribution in [3.05, 3.63) is 33.9 Å². The molecular formula is C9H11N3O4. The van der Waals surface area contributed by atoms with Gasteiger partial charge >= 0.3 is 5.69 Å². The van der Waals surface area contributed by atoms with Crippen molar-refractivity contribution < 1.29 is 14.5 Å². The maximum absolute atomic E-state index is 10.8. The van der Waals surface area contributed by atoms with Gasteiger partial charge in [0.2, 0.25) is 5.75 Å². The average Bonchev–Trinajstić information content (AvgIpc) is 2.26. The quantitative estimate of drug-likeness (QED) is 0.331. The van der Waals surface area contributed by atoms with Crippen LogP contribution in [0.1, 0.15) is 5.56 Å². The number of carbonyl (C=O) groups excluding carboxylic acids is 1. The lowest BCUT2D eigenvalue weighted by Crippen LogP contribution is -2.34. The molecule has 7 nitrogen and oxygen atoms in total. The van der Waals surface area contributed by atoms with Crippen molar-refractivity contribution in [1.82, 2.24) is 5.43 Å². The molecule has 0 fully saturated rings. The van der Waals surface area contributed by atoms with Gasteiger partial charge in [0.05, 0.1) is 4.92 Å². The summed E-state index contributed by atoms with van der Waals surface area (Å²) in [5.74, 6) is 4.38. The topological polar surface area (TPSA) is 107 Å². The molecule has 0 spiro atoms. The number of nitro groups is 1. The molecule has 0 saturated carbocycles. The van der Waals surface area contributed by atoms with E-state index in [0.717, 1.165) is 0 Å². The van der Waals surface area contributed by atoms with E-state index in [1.165, 1.54) is 6.07 Å². The number of amides is 1. The molecule has 0 heterocycles. The Balaban J connectivity index is 2.93. The van der Waals surface area contributed by atoms with Gasteiger partial charge in [-0.25, -0.2) is 5.84 Å². The maximum Gasteiger partial charge on any atom is 0.311 e. The van der Waals surface area contributed by atoms with Crippen molar-refractivity contribution in [2.45, 2.75) is 6.92 Å². The molecule has 0 radical (unpaired) electrons. The van der Waals surface area contributed by atoms with Crippen molar-refractivity contribution >= 4 is 11.6 Å². The highest BCUT2D eigenvalue weighted by Crippen LogP contribution is 2.29. The molecule has 1 aromatic rings. The Morgan fingerprint density at radius 1 is 1.62 bits per heavy atom. The molecule has 16 heavy (non-hydrogen) atoms. The molecule has 1 rings (SSSR count). The van der Waals surface area contributed by atoms with E-state index in [9.17, 15) is 14.9 Å². The summed E-state index contributed by atoms with van der Waals surface area (Å²) >= 11 is 0. The SMILES string of the molecule is Cc1cccc([N+](=O)[O-])c1OCC(=O)NN. The van der Waals surface area contributed by atoms with Gasteiger partial charge in [0.25, 0.3) is 5.91 Å². The van der Waals surface area contributed by atoms with Gasteiger partial charge in [-0.15, -0.1) is 0 Å². The number of hydrazine groups is 1. The van der Waals surface area contributed by atoms with Crippen LogP contribution in [0.3, 0.4) is 0 Å². The summed E-state index contributed by atoms with van der Waals surface area (Å²) in [7, 11) is 0. The molecule has 1 amide bonds. The van der Waals surface area contributed by atoms with Crippen molar-refractivity contribution in [1.29, 1.82) is 0 Å². The van der Waals surface area contributed by atoms with Crippen LogP contribution in [0, 0.1) is 17.0 Å². The highest BCUT2D eigenvalue weighted by molar-refractivity contribution is 5.77. The number of hydrogen-bond donors (Lipinski definition) is 2. The second-order valence-electron chi connectivity index (χ2n) is 3.04. The van der Waals surface area contributed by atoms with E-state index in [2.05, 4.69) is 0 Å². The number of nitrogens with one attached hydrogen (secondary N) is 1. The number of rotatable bonds is 4. The Hall–Kier alpha value is -2.15. The summed E-state index contributed by atoms with van der Waals surface area (Å²) in [5, 5.41) is 10.7. The molecule has 3 N–H and O–H groups in total. The fourth-order valence-electron chi connectivity index (χ4n) is 1.15. The molecule has 0 aliphatic carbocycles. The van der Waals surface area contributed by atoms with Crippen LogP contribution in [-0.2, 0) is 4.79 Å². The summed E-state index contributed by atoms with van der Waals surface area (Å²) in [6.07, 6.45) is 0. The zero-order valence-corrected chi connectivity index (χ0v) is 8.60. The second kappa shape index (κ2) is 5.08. The smallest absolute Gasteiger partial charge is 0.311 e. The zero-order chi connectivity index (χ0) is 12.1. The molecule has 0 bridgehead atoms. The standard InChI is InChI=1S/C9H11N3O4/c1-6-3-2-4-7(12(14)15)9(6)16-5-8(13)11-10/h2-4H,5,10H2,1H3,(H,11,13). The van der Waals surface area contributed by atoms with E-state index in [-0.39, 0.29) is 18.0 Å². The minimum Gasteiger partial charge on any atom is -0.476 e. The fraction of sp³-hybridized carbons (Fsp3) is 0.222. The molecular weight excluding hydrogens is 214 g/mol. The summed E-state index contributed by atoms with van der Waals surface area (Å²) < 4.78 is 5.05. The van der Waals surface area contributed by atoms with Crippen LogP contribution in [0.5, 0.6) is 5.75 Å². The Bertz CT molecular complexity index is 419. The summed E-state index contributed by atoms with van der Waals surface area (Å²) in [6.45, 7) is 1.30. The zero-order valence-electron chi connectivity index (χ0n) is 8.60. The lowest BCUT2D eigenvalue weighted by atomic mass is 10.2. The predicted octanol–water partition coefficient (Wildman–Crippen LogP) is 0.272. The first-order valence-electron chi connectivity index (χ1n) is 4.42. The van der Waals surface area contributed by atoms with Gasteiger partial charge in [-0.05, 0) is 12.5 Å².